The van der Waals surface area contributed by atoms with E-state index in [2.05, 4.69) is 0 Å². The average molecular weight is 310 g/mol. The second-order valence-electron chi connectivity index (χ2n) is 6.55. The molecule has 0 N–H and O–H groups in total. The van der Waals surface area contributed by atoms with Gasteiger partial charge in [0.2, 0.25) is 0 Å². The summed E-state index contributed by atoms with van der Waals surface area (Å²) in [5, 5.41) is 0. The minimum atomic E-state index is -0.483. The van der Waals surface area contributed by atoms with Crippen LogP contribution in [0.25, 0.3) is 0 Å². The smallest absolute Gasteiger partial charge is 0.310 e. The summed E-state index contributed by atoms with van der Waals surface area (Å²) < 4.78 is 5.29. The predicted octanol–water partition coefficient (Wildman–Crippen LogP) is 4.00. The third-order valence-electron chi connectivity index (χ3n) is 3.25. The van der Waals surface area contributed by atoms with Gasteiger partial charge in [0.15, 0.2) is 5.78 Å². The standard InChI is InChI=1S/C20H22O3/c1-20(2,3)23-19(22)14-16-9-11-17(12-10-16)18(21)13-15-7-5-4-6-8-15/h4-12H,13-14H2,1-3H3. The van der Waals surface area contributed by atoms with Crippen LogP contribution in [0.15, 0.2) is 54.6 Å². The zero-order valence-corrected chi connectivity index (χ0v) is 13.8. The van der Waals surface area contributed by atoms with Crippen molar-refractivity contribution in [3.8, 4) is 0 Å². The molecule has 0 saturated carbocycles. The molecule has 0 bridgehead atoms. The number of rotatable bonds is 5. The third-order valence-corrected chi connectivity index (χ3v) is 3.25. The van der Waals surface area contributed by atoms with Crippen molar-refractivity contribution < 1.29 is 14.3 Å². The Labute approximate surface area is 137 Å². The van der Waals surface area contributed by atoms with Crippen molar-refractivity contribution in [3.63, 3.8) is 0 Å². The third kappa shape index (κ3) is 5.70. The highest BCUT2D eigenvalue weighted by Gasteiger charge is 2.16. The van der Waals surface area contributed by atoms with E-state index < -0.39 is 5.60 Å². The molecule has 0 saturated heterocycles. The van der Waals surface area contributed by atoms with Crippen LogP contribution in [0.3, 0.4) is 0 Å². The summed E-state index contributed by atoms with van der Waals surface area (Å²) in [4.78, 5) is 24.0. The number of ketones is 1. The quantitative estimate of drug-likeness (QED) is 0.619. The molecule has 0 aliphatic rings. The number of benzene rings is 2. The summed E-state index contributed by atoms with van der Waals surface area (Å²) in [6.45, 7) is 5.53. The molecule has 3 heteroatoms. The first kappa shape index (κ1) is 16.9. The van der Waals surface area contributed by atoms with Crippen LogP contribution in [0.5, 0.6) is 0 Å². The summed E-state index contributed by atoms with van der Waals surface area (Å²) in [7, 11) is 0. The van der Waals surface area contributed by atoms with Crippen molar-refractivity contribution in [3.05, 3.63) is 71.3 Å². The Kier molecular flexibility index (Phi) is 5.32. The van der Waals surface area contributed by atoms with Gasteiger partial charge in [0, 0.05) is 12.0 Å². The fourth-order valence-corrected chi connectivity index (χ4v) is 2.24. The van der Waals surface area contributed by atoms with Crippen LogP contribution in [-0.4, -0.2) is 17.4 Å². The minimum Gasteiger partial charge on any atom is -0.460 e. The van der Waals surface area contributed by atoms with Gasteiger partial charge in [0.1, 0.15) is 5.60 Å². The number of hydrogen-bond acceptors (Lipinski definition) is 3. The Bertz CT molecular complexity index is 664. The van der Waals surface area contributed by atoms with Gasteiger partial charge in [-0.1, -0.05) is 54.6 Å². The Morgan fingerprint density at radius 3 is 1.96 bits per heavy atom. The Hall–Kier alpha value is -2.42. The van der Waals surface area contributed by atoms with Crippen molar-refractivity contribution in [1.29, 1.82) is 0 Å². The largest absolute Gasteiger partial charge is 0.460 e. The van der Waals surface area contributed by atoms with Gasteiger partial charge in [-0.15, -0.1) is 0 Å². The molecule has 0 heterocycles. The van der Waals surface area contributed by atoms with Crippen molar-refractivity contribution in [2.75, 3.05) is 0 Å². The molecule has 0 spiro atoms. The summed E-state index contributed by atoms with van der Waals surface area (Å²) in [6, 6.07) is 16.8. The van der Waals surface area contributed by atoms with E-state index in [-0.39, 0.29) is 18.2 Å². The van der Waals surface area contributed by atoms with Gasteiger partial charge >= 0.3 is 5.97 Å². The van der Waals surface area contributed by atoms with Crippen molar-refractivity contribution in [2.45, 2.75) is 39.2 Å². The molecule has 2 aromatic rings. The number of ether oxygens (including phenoxy) is 1. The van der Waals surface area contributed by atoms with E-state index in [4.69, 9.17) is 4.74 Å². The molecule has 0 amide bonds. The molecule has 3 nitrogen and oxygen atoms in total. The molecule has 0 aliphatic heterocycles. The lowest BCUT2D eigenvalue weighted by molar-refractivity contribution is -0.153. The molecule has 2 rings (SSSR count). The number of Topliss-reactive ketones (excluding diaryl/α,β-unsaturated/α-hetero) is 1. The van der Waals surface area contributed by atoms with E-state index in [1.807, 2.05) is 63.2 Å². The predicted molar refractivity (Wildman–Crippen MR) is 90.5 cm³/mol. The summed E-state index contributed by atoms with van der Waals surface area (Å²) >= 11 is 0. The molecule has 0 aliphatic carbocycles. The van der Waals surface area contributed by atoms with Gasteiger partial charge < -0.3 is 4.74 Å². The topological polar surface area (TPSA) is 43.4 Å². The maximum absolute atomic E-state index is 12.2. The second kappa shape index (κ2) is 7.23. The first-order valence-electron chi connectivity index (χ1n) is 7.71. The lowest BCUT2D eigenvalue weighted by Crippen LogP contribution is -2.24. The molecular formula is C20H22O3. The molecule has 2 aromatic carbocycles. The lowest BCUT2D eigenvalue weighted by atomic mass is 10.0. The highest BCUT2D eigenvalue weighted by atomic mass is 16.6. The number of carbonyl (C=O) groups is 2. The second-order valence-corrected chi connectivity index (χ2v) is 6.55. The normalized spacial score (nSPS) is 11.1. The van der Waals surface area contributed by atoms with Gasteiger partial charge in [-0.3, -0.25) is 9.59 Å². The molecule has 0 aromatic heterocycles. The molecule has 120 valence electrons. The highest BCUT2D eigenvalue weighted by molar-refractivity contribution is 5.97. The molecule has 0 unspecified atom stereocenters. The lowest BCUT2D eigenvalue weighted by Gasteiger charge is -2.19. The SMILES string of the molecule is CC(C)(C)OC(=O)Cc1ccc(C(=O)Cc2ccccc2)cc1. The fourth-order valence-electron chi connectivity index (χ4n) is 2.24. The van der Waals surface area contributed by atoms with Gasteiger partial charge in [0.05, 0.1) is 6.42 Å². The Morgan fingerprint density at radius 2 is 1.39 bits per heavy atom. The highest BCUT2D eigenvalue weighted by Crippen LogP contribution is 2.12. The van der Waals surface area contributed by atoms with Gasteiger partial charge in [-0.25, -0.2) is 0 Å². The Balaban J connectivity index is 1.96. The summed E-state index contributed by atoms with van der Waals surface area (Å²) in [5.74, 6) is -0.194. The van der Waals surface area contributed by atoms with Crippen LogP contribution >= 0.6 is 0 Å². The monoisotopic (exact) mass is 310 g/mol. The molecule has 0 atom stereocenters. The molecule has 0 radical (unpaired) electrons. The van der Waals surface area contributed by atoms with E-state index in [1.54, 1.807) is 12.1 Å². The van der Waals surface area contributed by atoms with Gasteiger partial charge in [-0.2, -0.15) is 0 Å². The zero-order chi connectivity index (χ0) is 16.9. The Morgan fingerprint density at radius 1 is 0.826 bits per heavy atom. The number of esters is 1. The number of hydrogen-bond donors (Lipinski definition) is 0. The van der Waals surface area contributed by atoms with Crippen LogP contribution < -0.4 is 0 Å². The molecular weight excluding hydrogens is 288 g/mol. The van der Waals surface area contributed by atoms with Crippen molar-refractivity contribution >= 4 is 11.8 Å². The molecule has 23 heavy (non-hydrogen) atoms. The van der Waals surface area contributed by atoms with Gasteiger partial charge in [0.25, 0.3) is 0 Å². The van der Waals surface area contributed by atoms with Crippen LogP contribution in [-0.2, 0) is 22.4 Å². The zero-order valence-electron chi connectivity index (χ0n) is 13.8. The van der Waals surface area contributed by atoms with Crippen molar-refractivity contribution in [2.24, 2.45) is 0 Å². The maximum atomic E-state index is 12.2. The van der Waals surface area contributed by atoms with Crippen LogP contribution in [0.2, 0.25) is 0 Å². The summed E-state index contributed by atoms with van der Waals surface area (Å²) in [5.41, 5.74) is 2.01. The van der Waals surface area contributed by atoms with E-state index in [0.717, 1.165) is 11.1 Å². The number of carbonyl (C=O) groups excluding carboxylic acids is 2. The first-order chi connectivity index (χ1) is 10.8. The van der Waals surface area contributed by atoms with E-state index in [9.17, 15) is 9.59 Å². The maximum Gasteiger partial charge on any atom is 0.310 e. The van der Waals surface area contributed by atoms with E-state index in [0.29, 0.717) is 12.0 Å². The first-order valence-corrected chi connectivity index (χ1v) is 7.71. The van der Waals surface area contributed by atoms with Crippen LogP contribution in [0.4, 0.5) is 0 Å². The van der Waals surface area contributed by atoms with Crippen LogP contribution in [0, 0.1) is 0 Å². The molecule has 0 fully saturated rings. The fraction of sp³-hybridized carbons (Fsp3) is 0.300. The summed E-state index contributed by atoms with van der Waals surface area (Å²) in [6.07, 6.45) is 0.594. The average Bonchev–Trinajstić information content (AvgIpc) is 2.47. The van der Waals surface area contributed by atoms with Gasteiger partial charge in [-0.05, 0) is 31.9 Å². The van der Waals surface area contributed by atoms with Crippen molar-refractivity contribution in [1.82, 2.24) is 0 Å². The van der Waals surface area contributed by atoms with E-state index in [1.165, 1.54) is 0 Å². The van der Waals surface area contributed by atoms with E-state index >= 15 is 0 Å². The van der Waals surface area contributed by atoms with Crippen LogP contribution in [0.1, 0.15) is 42.3 Å². The minimum absolute atomic E-state index is 0.0695.